The Bertz CT molecular complexity index is 1860. The van der Waals surface area contributed by atoms with Crippen LogP contribution in [0.1, 0.15) is 46.8 Å². The molecular weight excluding hydrogens is 672 g/mol. The van der Waals surface area contributed by atoms with Crippen LogP contribution in [-0.4, -0.2) is 86.3 Å². The molecule has 0 saturated carbocycles. The fourth-order valence-electron chi connectivity index (χ4n) is 6.57. The number of nitrogens with zero attached hydrogens (tertiary/aromatic N) is 6. The summed E-state index contributed by atoms with van der Waals surface area (Å²) in [6.45, 7) is 3.62. The van der Waals surface area contributed by atoms with Crippen LogP contribution < -0.4 is 10.1 Å². The van der Waals surface area contributed by atoms with Crippen LogP contribution >= 0.6 is 23.2 Å². The van der Waals surface area contributed by atoms with Gasteiger partial charge in [-0.1, -0.05) is 41.4 Å². The number of amides is 1. The number of hydrogen-bond donors (Lipinski definition) is 2. The number of methoxy groups -OCH3 is 1. The van der Waals surface area contributed by atoms with E-state index < -0.39 is 11.9 Å². The van der Waals surface area contributed by atoms with Crippen molar-refractivity contribution in [1.29, 1.82) is 0 Å². The molecule has 4 aromatic rings. The number of aliphatic carboxylic acids is 1. The molecular formula is C35H38Cl2FN7O4. The summed E-state index contributed by atoms with van der Waals surface area (Å²) in [5.41, 5.74) is 5.26. The van der Waals surface area contributed by atoms with Gasteiger partial charge in [-0.15, -0.1) is 0 Å². The fraction of sp³-hybridized carbons (Fsp3) is 0.400. The molecule has 1 saturated heterocycles. The highest BCUT2D eigenvalue weighted by Crippen LogP contribution is 2.40. The van der Waals surface area contributed by atoms with Gasteiger partial charge in [0.15, 0.2) is 5.82 Å². The number of carboxylic acid groups (broad SMARTS) is 1. The summed E-state index contributed by atoms with van der Waals surface area (Å²) in [5.74, 6) is -0.715. The van der Waals surface area contributed by atoms with Gasteiger partial charge in [-0.25, -0.2) is 9.97 Å². The molecule has 3 aromatic heterocycles. The fourth-order valence-corrected chi connectivity index (χ4v) is 7.15. The van der Waals surface area contributed by atoms with Gasteiger partial charge >= 0.3 is 5.97 Å². The van der Waals surface area contributed by atoms with E-state index in [4.69, 9.17) is 32.9 Å². The van der Waals surface area contributed by atoms with Gasteiger partial charge in [-0.3, -0.25) is 28.8 Å². The number of rotatable bonds is 11. The third kappa shape index (κ3) is 7.42. The number of fused-ring (bicyclic) bond motifs is 1. The first kappa shape index (κ1) is 34.8. The molecule has 1 aromatic carbocycles. The predicted molar refractivity (Wildman–Crippen MR) is 186 cm³/mol. The van der Waals surface area contributed by atoms with Gasteiger partial charge in [-0.05, 0) is 50.6 Å². The second-order valence-corrected chi connectivity index (χ2v) is 13.1. The molecule has 6 rings (SSSR count). The van der Waals surface area contributed by atoms with Gasteiger partial charge in [0.05, 0.1) is 52.5 Å². The van der Waals surface area contributed by atoms with Crippen molar-refractivity contribution < 1.29 is 23.8 Å². The van der Waals surface area contributed by atoms with Crippen LogP contribution in [0.2, 0.25) is 10.0 Å². The van der Waals surface area contributed by atoms with E-state index in [0.29, 0.717) is 91.1 Å². The number of likely N-dealkylation sites (tertiary alicyclic amines) is 1. The van der Waals surface area contributed by atoms with Crippen LogP contribution in [0.5, 0.6) is 5.88 Å². The molecule has 49 heavy (non-hydrogen) atoms. The predicted octanol–water partition coefficient (Wildman–Crippen LogP) is 6.13. The minimum atomic E-state index is -0.738. The molecule has 2 N–H and O–H groups in total. The topological polar surface area (TPSA) is 126 Å². The van der Waals surface area contributed by atoms with E-state index in [1.54, 1.807) is 37.6 Å². The van der Waals surface area contributed by atoms with Gasteiger partial charge in [-0.2, -0.15) is 0 Å². The first-order valence-corrected chi connectivity index (χ1v) is 17.0. The zero-order valence-corrected chi connectivity index (χ0v) is 28.9. The van der Waals surface area contributed by atoms with Crippen LogP contribution in [0.3, 0.4) is 0 Å². The maximum atomic E-state index is 13.5. The third-order valence-corrected chi connectivity index (χ3v) is 10.1. The monoisotopic (exact) mass is 709 g/mol. The van der Waals surface area contributed by atoms with Gasteiger partial charge in [0.2, 0.25) is 5.88 Å². The van der Waals surface area contributed by atoms with Crippen molar-refractivity contribution >= 4 is 40.8 Å². The van der Waals surface area contributed by atoms with Crippen LogP contribution in [0.15, 0.2) is 42.6 Å². The standard InChI is InChI=1S/C35H38Cl2FN7O4/c1-43-28-12-18-44(15-4-13-38)20-27(28)40-32(43)33(46)41-26-6-3-5-24(29(26)36)31-30(37)23(9-14-39-31)25-8-7-22(34(42-25)49-2)19-45-16-10-21(11-17-45)35(47)48/h3,5-9,14,21H,4,10-13,15-20H2,1-2H3,(H,41,46)(H,47,48). The highest BCUT2D eigenvalue weighted by molar-refractivity contribution is 6.39. The maximum absolute atomic E-state index is 13.5. The van der Waals surface area contributed by atoms with Crippen LogP contribution in [0.25, 0.3) is 22.5 Å². The number of imidazole rings is 1. The quantitative estimate of drug-likeness (QED) is 0.189. The Kier molecular flexibility index (Phi) is 10.8. The first-order valence-electron chi connectivity index (χ1n) is 16.3. The summed E-state index contributed by atoms with van der Waals surface area (Å²) in [7, 11) is 3.39. The highest BCUT2D eigenvalue weighted by Gasteiger charge is 2.27. The molecule has 0 unspecified atom stereocenters. The number of aromatic nitrogens is 4. The molecule has 0 bridgehead atoms. The molecule has 11 nitrogen and oxygen atoms in total. The normalized spacial score (nSPS) is 15.6. The Balaban J connectivity index is 1.21. The van der Waals surface area contributed by atoms with E-state index in [0.717, 1.165) is 29.9 Å². The Morgan fingerprint density at radius 2 is 1.84 bits per heavy atom. The lowest BCUT2D eigenvalue weighted by Gasteiger charge is -2.30. The number of pyridine rings is 2. The average molecular weight is 711 g/mol. The number of carboxylic acids is 1. The number of carbonyl (C=O) groups excluding carboxylic acids is 1. The number of halogens is 3. The van der Waals surface area contributed by atoms with Gasteiger partial charge in [0.25, 0.3) is 5.91 Å². The number of alkyl halides is 1. The summed E-state index contributed by atoms with van der Waals surface area (Å²) in [4.78, 5) is 43.1. The maximum Gasteiger partial charge on any atom is 0.306 e. The number of carbonyl (C=O) groups is 2. The number of benzene rings is 1. The van der Waals surface area contributed by atoms with Crippen molar-refractivity contribution in [1.82, 2.24) is 29.3 Å². The van der Waals surface area contributed by atoms with Gasteiger partial charge in [0.1, 0.15) is 0 Å². The Hall–Kier alpha value is -4.10. The van der Waals surface area contributed by atoms with Crippen molar-refractivity contribution in [2.45, 2.75) is 38.8 Å². The van der Waals surface area contributed by atoms with E-state index in [1.807, 2.05) is 23.7 Å². The lowest BCUT2D eigenvalue weighted by atomic mass is 9.97. The van der Waals surface area contributed by atoms with E-state index in [1.165, 1.54) is 0 Å². The molecule has 0 spiro atoms. The van der Waals surface area contributed by atoms with E-state index in [9.17, 15) is 19.1 Å². The van der Waals surface area contributed by atoms with Crippen molar-refractivity contribution in [2.24, 2.45) is 13.0 Å². The molecule has 1 amide bonds. The SMILES string of the molecule is COc1nc(-c2ccnc(-c3cccc(NC(=O)c4nc5c(n4C)CCN(CCCF)C5)c3Cl)c2Cl)ccc1CN1CCC(C(=O)O)CC1. The van der Waals surface area contributed by atoms with Crippen molar-refractivity contribution in [3.8, 4) is 28.4 Å². The summed E-state index contributed by atoms with van der Waals surface area (Å²) < 4.78 is 20.2. The Morgan fingerprint density at radius 3 is 2.57 bits per heavy atom. The zero-order valence-electron chi connectivity index (χ0n) is 27.4. The van der Waals surface area contributed by atoms with E-state index >= 15 is 0 Å². The van der Waals surface area contributed by atoms with Crippen molar-refractivity contribution in [2.75, 3.05) is 45.3 Å². The first-order chi connectivity index (χ1) is 23.7. The number of piperidine rings is 1. The van der Waals surface area contributed by atoms with Crippen LogP contribution in [0.4, 0.5) is 10.1 Å². The minimum absolute atomic E-state index is 0.269. The smallest absolute Gasteiger partial charge is 0.306 e. The summed E-state index contributed by atoms with van der Waals surface area (Å²) in [5, 5.41) is 12.8. The Labute approximate surface area is 294 Å². The molecule has 0 aliphatic carbocycles. The number of nitrogens with one attached hydrogen (secondary N) is 1. The molecule has 14 heteroatoms. The summed E-state index contributed by atoms with van der Waals surface area (Å²) >= 11 is 13.9. The second-order valence-electron chi connectivity index (χ2n) is 12.4. The van der Waals surface area contributed by atoms with Crippen LogP contribution in [-0.2, 0) is 31.4 Å². The Morgan fingerprint density at radius 1 is 1.04 bits per heavy atom. The highest BCUT2D eigenvalue weighted by atomic mass is 35.5. The molecule has 2 aliphatic heterocycles. The van der Waals surface area contributed by atoms with E-state index in [-0.39, 0.29) is 23.4 Å². The van der Waals surface area contributed by atoms with Crippen LogP contribution in [0, 0.1) is 5.92 Å². The lowest BCUT2D eigenvalue weighted by Crippen LogP contribution is -2.35. The van der Waals surface area contributed by atoms with Gasteiger partial charge in [0, 0.05) is 68.2 Å². The molecule has 2 aliphatic rings. The lowest BCUT2D eigenvalue weighted by molar-refractivity contribution is -0.143. The molecule has 258 valence electrons. The number of ether oxygens (including phenoxy) is 1. The average Bonchev–Trinajstić information content (AvgIpc) is 3.44. The number of anilines is 1. The molecule has 5 heterocycles. The summed E-state index contributed by atoms with van der Waals surface area (Å²) in [6.07, 6.45) is 4.05. The largest absolute Gasteiger partial charge is 0.481 e. The zero-order chi connectivity index (χ0) is 34.7. The van der Waals surface area contributed by atoms with Gasteiger partial charge < -0.3 is 19.7 Å². The summed E-state index contributed by atoms with van der Waals surface area (Å²) in [6, 6.07) is 10.8. The molecule has 1 fully saturated rings. The molecule has 0 radical (unpaired) electrons. The minimum Gasteiger partial charge on any atom is -0.481 e. The van der Waals surface area contributed by atoms with Crippen molar-refractivity contribution in [3.63, 3.8) is 0 Å². The number of hydrogen-bond acceptors (Lipinski definition) is 8. The van der Waals surface area contributed by atoms with Crippen molar-refractivity contribution in [3.05, 3.63) is 75.4 Å². The van der Waals surface area contributed by atoms with E-state index in [2.05, 4.69) is 25.1 Å². The second kappa shape index (κ2) is 15.2. The molecule has 0 atom stereocenters. The third-order valence-electron chi connectivity index (χ3n) is 9.28.